The zero-order valence-corrected chi connectivity index (χ0v) is 21.3. The quantitative estimate of drug-likeness (QED) is 0.214. The van der Waals surface area contributed by atoms with Crippen LogP contribution >= 0.6 is 8.03 Å². The number of ether oxygens (including phenoxy) is 1. The van der Waals surface area contributed by atoms with Gasteiger partial charge in [0, 0.05) is 24.4 Å². The molecule has 1 atom stereocenters. The number of nitrogen functional groups attached to an aromatic ring is 1. The third-order valence-corrected chi connectivity index (χ3v) is 7.45. The summed E-state index contributed by atoms with van der Waals surface area (Å²) in [6, 6.07) is 5.82. The van der Waals surface area contributed by atoms with Crippen LogP contribution in [0, 0.1) is 0 Å². The van der Waals surface area contributed by atoms with Crippen LogP contribution in [0.15, 0.2) is 30.6 Å². The van der Waals surface area contributed by atoms with E-state index in [2.05, 4.69) is 5.10 Å². The van der Waals surface area contributed by atoms with Crippen LogP contribution < -0.4 is 15.9 Å². The first kappa shape index (κ1) is 25.7. The Hall–Kier alpha value is -1.93. The van der Waals surface area contributed by atoms with Crippen molar-refractivity contribution in [1.29, 1.82) is 0 Å². The first-order valence-electron chi connectivity index (χ1n) is 11.5. The van der Waals surface area contributed by atoms with Crippen molar-refractivity contribution < 1.29 is 23.1 Å². The molecule has 0 spiro atoms. The molecule has 3 rings (SSSR count). The molecule has 1 unspecified atom stereocenters. The van der Waals surface area contributed by atoms with E-state index in [1.54, 1.807) is 13.3 Å². The van der Waals surface area contributed by atoms with Crippen molar-refractivity contribution in [3.63, 3.8) is 0 Å². The molecule has 33 heavy (non-hydrogen) atoms. The van der Waals surface area contributed by atoms with E-state index in [9.17, 15) is 4.57 Å². The second-order valence-corrected chi connectivity index (χ2v) is 10.8. The smallest absolute Gasteiger partial charge is 0.495 e. The molecule has 0 radical (unpaired) electrons. The number of aromatic nitrogens is 2. The van der Waals surface area contributed by atoms with E-state index < -0.39 is 15.1 Å². The maximum Gasteiger partial charge on any atom is 0.508 e. The molecule has 1 aromatic heterocycles. The van der Waals surface area contributed by atoms with Gasteiger partial charge in [0.15, 0.2) is 6.16 Å². The van der Waals surface area contributed by atoms with E-state index in [0.29, 0.717) is 30.8 Å². The third-order valence-electron chi connectivity index (χ3n) is 6.30. The second kappa shape index (κ2) is 11.0. The van der Waals surface area contributed by atoms with Gasteiger partial charge >= 0.3 is 15.1 Å². The van der Waals surface area contributed by atoms with Crippen molar-refractivity contribution in [1.82, 2.24) is 9.78 Å². The lowest BCUT2D eigenvalue weighted by atomic mass is 9.82. The molecule has 0 bridgehead atoms. The minimum Gasteiger partial charge on any atom is -0.495 e. The van der Waals surface area contributed by atoms with Gasteiger partial charge in [0.05, 0.1) is 24.0 Å². The summed E-state index contributed by atoms with van der Waals surface area (Å²) in [5.74, 6) is 0.696. The number of aryl methyl sites for hydroxylation is 2. The van der Waals surface area contributed by atoms with Crippen molar-refractivity contribution in [2.45, 2.75) is 71.1 Å². The van der Waals surface area contributed by atoms with Gasteiger partial charge in [-0.05, 0) is 75.6 Å². The molecule has 2 heterocycles. The molecule has 1 saturated heterocycles. The van der Waals surface area contributed by atoms with Crippen LogP contribution in [0.2, 0.25) is 0 Å². The molecule has 10 heteroatoms. The Morgan fingerprint density at radius 1 is 1.15 bits per heavy atom. The van der Waals surface area contributed by atoms with E-state index in [0.717, 1.165) is 36.7 Å². The van der Waals surface area contributed by atoms with E-state index in [1.807, 2.05) is 56.8 Å². The molecule has 0 amide bonds. The van der Waals surface area contributed by atoms with Crippen LogP contribution in [0.1, 0.15) is 52.5 Å². The minimum atomic E-state index is -1.64. The molecule has 180 valence electrons. The van der Waals surface area contributed by atoms with Gasteiger partial charge in [-0.15, -0.1) is 4.52 Å². The Morgan fingerprint density at radius 3 is 2.58 bits per heavy atom. The molecule has 2 N–H and O–H groups in total. The van der Waals surface area contributed by atoms with Crippen LogP contribution in [0.5, 0.6) is 5.75 Å². The van der Waals surface area contributed by atoms with Crippen molar-refractivity contribution in [3.05, 3.63) is 36.2 Å². The van der Waals surface area contributed by atoms with Crippen LogP contribution in [-0.4, -0.2) is 48.0 Å². The Morgan fingerprint density at radius 2 is 1.88 bits per heavy atom. The summed E-state index contributed by atoms with van der Waals surface area (Å²) in [6.07, 6.45) is 7.69. The Kier molecular flexibility index (Phi) is 8.56. The largest absolute Gasteiger partial charge is 0.508 e. The lowest BCUT2D eigenvalue weighted by Crippen LogP contribution is -2.41. The molecule has 2 aromatic rings. The van der Waals surface area contributed by atoms with Crippen molar-refractivity contribution in [2.24, 2.45) is 0 Å². The number of nitrogens with two attached hydrogens (primary N) is 1. The number of hydrogen-bond acceptors (Lipinski definition) is 7. The van der Waals surface area contributed by atoms with Crippen molar-refractivity contribution >= 4 is 26.3 Å². The van der Waals surface area contributed by atoms with Gasteiger partial charge in [-0.25, -0.2) is 0 Å². The van der Waals surface area contributed by atoms with Crippen molar-refractivity contribution in [3.8, 4) is 5.75 Å². The summed E-state index contributed by atoms with van der Waals surface area (Å²) in [5.41, 5.74) is 7.80. The molecule has 0 aliphatic carbocycles. The topological polar surface area (TPSA) is 97.8 Å². The average molecular weight is 476 g/mol. The lowest BCUT2D eigenvalue weighted by Gasteiger charge is -2.32. The van der Waals surface area contributed by atoms with E-state index >= 15 is 0 Å². The SMILES string of the molecule is COc1cc(CCCC[P+](=O)OCCCn2cc(B3OC(C)(C)C(C)(C)O3)cn2)ccc1N. The molecule has 8 nitrogen and oxygen atoms in total. The summed E-state index contributed by atoms with van der Waals surface area (Å²) in [7, 11) is -0.444. The predicted octanol–water partition coefficient (Wildman–Crippen LogP) is 3.95. The van der Waals surface area contributed by atoms with Gasteiger partial charge < -0.3 is 19.8 Å². The third kappa shape index (κ3) is 6.79. The molecule has 1 aromatic carbocycles. The van der Waals surface area contributed by atoms with E-state index in [-0.39, 0.29) is 11.2 Å². The molecular formula is C23H36BN3O5P+. The Balaban J connectivity index is 1.30. The molecule has 1 fully saturated rings. The van der Waals surface area contributed by atoms with Gasteiger partial charge in [-0.3, -0.25) is 4.68 Å². The predicted molar refractivity (Wildman–Crippen MR) is 131 cm³/mol. The van der Waals surface area contributed by atoms with Crippen LogP contribution in [-0.2, 0) is 31.4 Å². The normalized spacial score (nSPS) is 17.4. The fraction of sp³-hybridized carbons (Fsp3) is 0.609. The zero-order chi connectivity index (χ0) is 24.1. The molecular weight excluding hydrogens is 440 g/mol. The summed E-state index contributed by atoms with van der Waals surface area (Å²) in [6.45, 7) is 9.25. The number of benzene rings is 1. The Labute approximate surface area is 198 Å². The number of rotatable bonds is 12. The van der Waals surface area contributed by atoms with Crippen LogP contribution in [0.25, 0.3) is 0 Å². The standard InChI is InChI=1S/C23H36BN3O5P/c1-22(2)23(3,4)32-24(31-22)19-16-26-27(17-19)12-8-13-30-33(28)14-7-6-9-18-10-11-20(25)21(15-18)29-5/h10-11,15-17H,6-9,12-14,25H2,1-5H3/q+1. The molecule has 0 saturated carbocycles. The van der Waals surface area contributed by atoms with Gasteiger partial charge in [0.1, 0.15) is 12.4 Å². The van der Waals surface area contributed by atoms with Crippen LogP contribution in [0.4, 0.5) is 5.69 Å². The van der Waals surface area contributed by atoms with Crippen molar-refractivity contribution in [2.75, 3.05) is 25.6 Å². The minimum absolute atomic E-state index is 0.374. The highest BCUT2D eigenvalue weighted by molar-refractivity contribution is 7.39. The highest BCUT2D eigenvalue weighted by Gasteiger charge is 2.52. The monoisotopic (exact) mass is 476 g/mol. The summed E-state index contributed by atoms with van der Waals surface area (Å²) in [4.78, 5) is 0. The fourth-order valence-electron chi connectivity index (χ4n) is 3.54. The fourth-order valence-corrected chi connectivity index (χ4v) is 4.48. The van der Waals surface area contributed by atoms with Gasteiger partial charge in [0.25, 0.3) is 0 Å². The zero-order valence-electron chi connectivity index (χ0n) is 20.4. The maximum absolute atomic E-state index is 12.1. The van der Waals surface area contributed by atoms with E-state index in [1.165, 1.54) is 0 Å². The highest BCUT2D eigenvalue weighted by atomic mass is 31.1. The molecule has 1 aliphatic heterocycles. The Bertz CT molecular complexity index is 934. The maximum atomic E-state index is 12.1. The number of nitrogens with zero attached hydrogens (tertiary/aromatic N) is 2. The van der Waals surface area contributed by atoms with Crippen LogP contribution in [0.3, 0.4) is 0 Å². The average Bonchev–Trinajstić information content (AvgIpc) is 3.31. The lowest BCUT2D eigenvalue weighted by molar-refractivity contribution is 0.00578. The van der Waals surface area contributed by atoms with E-state index in [4.69, 9.17) is 24.3 Å². The van der Waals surface area contributed by atoms with Gasteiger partial charge in [-0.2, -0.15) is 5.10 Å². The summed E-state index contributed by atoms with van der Waals surface area (Å²) < 4.78 is 36.9. The highest BCUT2D eigenvalue weighted by Crippen LogP contribution is 2.36. The summed E-state index contributed by atoms with van der Waals surface area (Å²) >= 11 is 0. The second-order valence-electron chi connectivity index (χ2n) is 9.40. The first-order chi connectivity index (χ1) is 15.6. The van der Waals surface area contributed by atoms with Gasteiger partial charge in [0.2, 0.25) is 0 Å². The molecule has 1 aliphatic rings. The first-order valence-corrected chi connectivity index (χ1v) is 12.9. The number of unbranched alkanes of at least 4 members (excludes halogenated alkanes) is 1. The number of methoxy groups -OCH3 is 1. The number of anilines is 1. The summed E-state index contributed by atoms with van der Waals surface area (Å²) in [5, 5.41) is 4.39. The number of hydrogen-bond donors (Lipinski definition) is 1. The van der Waals surface area contributed by atoms with Gasteiger partial charge in [-0.1, -0.05) is 6.07 Å².